The van der Waals surface area contributed by atoms with E-state index in [0.717, 1.165) is 18.5 Å². The lowest BCUT2D eigenvalue weighted by atomic mass is 10.1. The average molecular weight is 326 g/mol. The first kappa shape index (κ1) is 16.2. The van der Waals surface area contributed by atoms with Crippen LogP contribution in [0, 0.1) is 5.82 Å². The minimum absolute atomic E-state index is 0.0383. The van der Waals surface area contributed by atoms with Crippen molar-refractivity contribution < 1.29 is 14.0 Å². The monoisotopic (exact) mass is 326 g/mol. The smallest absolute Gasteiger partial charge is 0.231 e. The fraction of sp³-hybridized carbons (Fsp3) is 0.263. The first-order valence-corrected chi connectivity index (χ1v) is 7.97. The summed E-state index contributed by atoms with van der Waals surface area (Å²) in [5.41, 5.74) is 1.86. The lowest BCUT2D eigenvalue weighted by Gasteiger charge is -2.23. The highest BCUT2D eigenvalue weighted by atomic mass is 19.1. The van der Waals surface area contributed by atoms with Gasteiger partial charge in [0.2, 0.25) is 11.8 Å². The number of nitrogens with one attached hydrogen (secondary N) is 1. The first-order valence-electron chi connectivity index (χ1n) is 7.97. The number of hydrogen-bond donors (Lipinski definition) is 1. The van der Waals surface area contributed by atoms with Crippen LogP contribution in [0.5, 0.6) is 0 Å². The number of halogens is 1. The summed E-state index contributed by atoms with van der Waals surface area (Å²) in [5, 5.41) is 2.70. The number of hydrogen-bond acceptors (Lipinski definition) is 2. The van der Waals surface area contributed by atoms with E-state index in [1.807, 2.05) is 12.1 Å². The molecule has 1 aliphatic carbocycles. The standard InChI is InChI=1S/C19H19FN2O2/c1-13(23)21-15-6-8-16(9-7-15)22(17-10-11-17)19(24)12-14-4-2-3-5-18(14)20/h2-9,17H,10-12H2,1H3,(H,21,23). The average Bonchev–Trinajstić information content (AvgIpc) is 3.36. The van der Waals surface area contributed by atoms with E-state index in [-0.39, 0.29) is 30.1 Å². The Hall–Kier alpha value is -2.69. The summed E-state index contributed by atoms with van der Waals surface area (Å²) in [6, 6.07) is 13.7. The molecule has 0 aliphatic heterocycles. The Morgan fingerprint density at radius 1 is 1.12 bits per heavy atom. The van der Waals surface area contributed by atoms with Gasteiger partial charge in [0.05, 0.1) is 6.42 Å². The molecular weight excluding hydrogens is 307 g/mol. The van der Waals surface area contributed by atoms with E-state index < -0.39 is 0 Å². The summed E-state index contributed by atoms with van der Waals surface area (Å²) < 4.78 is 13.8. The Balaban J connectivity index is 1.78. The third kappa shape index (κ3) is 3.79. The molecule has 4 nitrogen and oxygen atoms in total. The number of nitrogens with zero attached hydrogens (tertiary/aromatic N) is 1. The Kier molecular flexibility index (Phi) is 4.60. The molecule has 0 unspecified atom stereocenters. The Morgan fingerprint density at radius 2 is 1.79 bits per heavy atom. The van der Waals surface area contributed by atoms with Crippen LogP contribution in [0.15, 0.2) is 48.5 Å². The SMILES string of the molecule is CC(=O)Nc1ccc(N(C(=O)Cc2ccccc2F)C2CC2)cc1. The lowest BCUT2D eigenvalue weighted by molar-refractivity contribution is -0.118. The van der Waals surface area contributed by atoms with Crippen molar-refractivity contribution in [2.75, 3.05) is 10.2 Å². The van der Waals surface area contributed by atoms with Crippen molar-refractivity contribution in [3.63, 3.8) is 0 Å². The van der Waals surface area contributed by atoms with Gasteiger partial charge < -0.3 is 10.2 Å². The second-order valence-electron chi connectivity index (χ2n) is 5.99. The van der Waals surface area contributed by atoms with Gasteiger partial charge >= 0.3 is 0 Å². The van der Waals surface area contributed by atoms with E-state index in [4.69, 9.17) is 0 Å². The van der Waals surface area contributed by atoms with Gasteiger partial charge in [-0.1, -0.05) is 18.2 Å². The molecule has 0 aromatic heterocycles. The zero-order valence-corrected chi connectivity index (χ0v) is 13.5. The molecule has 0 atom stereocenters. The van der Waals surface area contributed by atoms with Crippen molar-refractivity contribution in [2.45, 2.75) is 32.2 Å². The van der Waals surface area contributed by atoms with Gasteiger partial charge in [-0.25, -0.2) is 4.39 Å². The van der Waals surface area contributed by atoms with E-state index >= 15 is 0 Å². The minimum atomic E-state index is -0.359. The first-order chi connectivity index (χ1) is 11.5. The molecule has 1 N–H and O–H groups in total. The normalized spacial score (nSPS) is 13.4. The quantitative estimate of drug-likeness (QED) is 0.914. The van der Waals surface area contributed by atoms with E-state index in [0.29, 0.717) is 11.3 Å². The molecule has 124 valence electrons. The number of benzene rings is 2. The molecule has 1 saturated carbocycles. The molecular formula is C19H19FN2O2. The fourth-order valence-corrected chi connectivity index (χ4v) is 2.69. The summed E-state index contributed by atoms with van der Waals surface area (Å²) in [7, 11) is 0. The van der Waals surface area contributed by atoms with Crippen molar-refractivity contribution in [3.05, 3.63) is 59.9 Å². The zero-order chi connectivity index (χ0) is 17.1. The molecule has 5 heteroatoms. The molecule has 0 heterocycles. The van der Waals surface area contributed by atoms with Crippen molar-refractivity contribution in [1.82, 2.24) is 0 Å². The Bertz CT molecular complexity index is 754. The molecule has 3 rings (SSSR count). The van der Waals surface area contributed by atoms with Crippen LogP contribution in [0.1, 0.15) is 25.3 Å². The third-order valence-electron chi connectivity index (χ3n) is 3.95. The van der Waals surface area contributed by atoms with Gasteiger partial charge in [0.25, 0.3) is 0 Å². The van der Waals surface area contributed by atoms with Crippen LogP contribution in [0.2, 0.25) is 0 Å². The highest BCUT2D eigenvalue weighted by Crippen LogP contribution is 2.33. The van der Waals surface area contributed by atoms with Crippen LogP contribution in [-0.4, -0.2) is 17.9 Å². The predicted octanol–water partition coefficient (Wildman–Crippen LogP) is 3.52. The van der Waals surface area contributed by atoms with Gasteiger partial charge in [-0.05, 0) is 48.7 Å². The van der Waals surface area contributed by atoms with Crippen LogP contribution >= 0.6 is 0 Å². The van der Waals surface area contributed by atoms with Crippen molar-refractivity contribution in [1.29, 1.82) is 0 Å². The Labute approximate surface area is 140 Å². The summed E-state index contributed by atoms with van der Waals surface area (Å²) in [6.45, 7) is 1.45. The van der Waals surface area contributed by atoms with Crippen LogP contribution < -0.4 is 10.2 Å². The van der Waals surface area contributed by atoms with Gasteiger partial charge in [0.15, 0.2) is 0 Å². The van der Waals surface area contributed by atoms with Gasteiger partial charge in [0, 0.05) is 24.3 Å². The maximum atomic E-state index is 13.8. The zero-order valence-electron chi connectivity index (χ0n) is 13.5. The van der Waals surface area contributed by atoms with Gasteiger partial charge in [-0.15, -0.1) is 0 Å². The van der Waals surface area contributed by atoms with Crippen molar-refractivity contribution in [2.24, 2.45) is 0 Å². The second-order valence-corrected chi connectivity index (χ2v) is 5.99. The predicted molar refractivity (Wildman–Crippen MR) is 91.4 cm³/mol. The number of rotatable bonds is 5. The molecule has 0 bridgehead atoms. The summed E-state index contributed by atoms with van der Waals surface area (Å²) in [6.07, 6.45) is 1.95. The largest absolute Gasteiger partial charge is 0.326 e. The molecule has 0 spiro atoms. The molecule has 1 fully saturated rings. The van der Waals surface area contributed by atoms with E-state index in [9.17, 15) is 14.0 Å². The lowest BCUT2D eigenvalue weighted by Crippen LogP contribution is -2.34. The van der Waals surface area contributed by atoms with Gasteiger partial charge in [0.1, 0.15) is 5.82 Å². The van der Waals surface area contributed by atoms with Crippen molar-refractivity contribution in [3.8, 4) is 0 Å². The van der Waals surface area contributed by atoms with E-state index in [1.165, 1.54) is 13.0 Å². The van der Waals surface area contributed by atoms with E-state index in [1.54, 1.807) is 35.2 Å². The Morgan fingerprint density at radius 3 is 2.38 bits per heavy atom. The molecule has 0 radical (unpaired) electrons. The van der Waals surface area contributed by atoms with Gasteiger partial charge in [-0.2, -0.15) is 0 Å². The number of anilines is 2. The molecule has 24 heavy (non-hydrogen) atoms. The second kappa shape index (κ2) is 6.83. The molecule has 2 aromatic rings. The third-order valence-corrected chi connectivity index (χ3v) is 3.95. The topological polar surface area (TPSA) is 49.4 Å². The highest BCUT2D eigenvalue weighted by molar-refractivity contribution is 5.96. The summed E-state index contributed by atoms with van der Waals surface area (Å²) in [4.78, 5) is 25.5. The molecule has 2 aromatic carbocycles. The highest BCUT2D eigenvalue weighted by Gasteiger charge is 2.33. The number of carbonyl (C=O) groups excluding carboxylic acids is 2. The fourth-order valence-electron chi connectivity index (χ4n) is 2.69. The summed E-state index contributed by atoms with van der Waals surface area (Å²) >= 11 is 0. The maximum Gasteiger partial charge on any atom is 0.231 e. The van der Waals surface area contributed by atoms with Crippen LogP contribution in [0.4, 0.5) is 15.8 Å². The van der Waals surface area contributed by atoms with Crippen LogP contribution in [-0.2, 0) is 16.0 Å². The summed E-state index contributed by atoms with van der Waals surface area (Å²) in [5.74, 6) is -0.616. The molecule has 2 amide bonds. The molecule has 1 aliphatic rings. The molecule has 0 saturated heterocycles. The number of carbonyl (C=O) groups is 2. The van der Waals surface area contributed by atoms with Gasteiger partial charge in [-0.3, -0.25) is 9.59 Å². The van der Waals surface area contributed by atoms with Crippen LogP contribution in [0.3, 0.4) is 0 Å². The minimum Gasteiger partial charge on any atom is -0.326 e. The van der Waals surface area contributed by atoms with E-state index in [2.05, 4.69) is 5.32 Å². The maximum absolute atomic E-state index is 13.8. The number of amides is 2. The van der Waals surface area contributed by atoms with Crippen LogP contribution in [0.25, 0.3) is 0 Å². The van der Waals surface area contributed by atoms with Crippen molar-refractivity contribution >= 4 is 23.2 Å².